The highest BCUT2D eigenvalue weighted by molar-refractivity contribution is 6.01. The van der Waals surface area contributed by atoms with E-state index in [9.17, 15) is 9.59 Å². The SMILES string of the molecule is O=C(Nc1nc2c(C(=O)O)cccc2o1)OCc1ccccc1. The Kier molecular flexibility index (Phi) is 3.92. The molecule has 0 saturated carbocycles. The lowest BCUT2D eigenvalue weighted by molar-refractivity contribution is 0.0698. The van der Waals surface area contributed by atoms with Crippen molar-refractivity contribution in [3.05, 3.63) is 59.7 Å². The molecular weight excluding hydrogens is 300 g/mol. The van der Waals surface area contributed by atoms with Crippen LogP contribution in [0.25, 0.3) is 11.1 Å². The number of rotatable bonds is 4. The van der Waals surface area contributed by atoms with E-state index in [1.165, 1.54) is 12.1 Å². The molecule has 0 radical (unpaired) electrons. The Morgan fingerprint density at radius 3 is 2.65 bits per heavy atom. The number of anilines is 1. The molecule has 0 unspecified atom stereocenters. The van der Waals surface area contributed by atoms with Crippen LogP contribution in [0.3, 0.4) is 0 Å². The summed E-state index contributed by atoms with van der Waals surface area (Å²) in [6, 6.07) is 13.6. The van der Waals surface area contributed by atoms with E-state index in [4.69, 9.17) is 14.3 Å². The number of hydrogen-bond donors (Lipinski definition) is 2. The van der Waals surface area contributed by atoms with Gasteiger partial charge in [0.15, 0.2) is 5.58 Å². The van der Waals surface area contributed by atoms with E-state index in [2.05, 4.69) is 10.3 Å². The van der Waals surface area contributed by atoms with Crippen LogP contribution in [0.5, 0.6) is 0 Å². The van der Waals surface area contributed by atoms with Crippen LogP contribution in [0, 0.1) is 0 Å². The fourth-order valence-corrected chi connectivity index (χ4v) is 2.02. The third-order valence-electron chi connectivity index (χ3n) is 3.07. The molecule has 7 nitrogen and oxygen atoms in total. The van der Waals surface area contributed by atoms with Crippen molar-refractivity contribution in [1.29, 1.82) is 0 Å². The summed E-state index contributed by atoms with van der Waals surface area (Å²) in [7, 11) is 0. The van der Waals surface area contributed by atoms with Crippen molar-refractivity contribution in [2.24, 2.45) is 0 Å². The highest BCUT2D eigenvalue weighted by Crippen LogP contribution is 2.22. The second kappa shape index (κ2) is 6.18. The number of carbonyl (C=O) groups excluding carboxylic acids is 1. The molecule has 0 aliphatic rings. The van der Waals surface area contributed by atoms with Gasteiger partial charge in [-0.05, 0) is 17.7 Å². The first-order chi connectivity index (χ1) is 11.1. The lowest BCUT2D eigenvalue weighted by atomic mass is 10.2. The van der Waals surface area contributed by atoms with Crippen LogP contribution in [-0.2, 0) is 11.3 Å². The molecule has 3 aromatic rings. The van der Waals surface area contributed by atoms with Gasteiger partial charge in [0.2, 0.25) is 0 Å². The van der Waals surface area contributed by atoms with Gasteiger partial charge >= 0.3 is 18.1 Å². The molecule has 1 aromatic heterocycles. The molecule has 116 valence electrons. The molecule has 1 heterocycles. The molecule has 0 fully saturated rings. The molecule has 3 rings (SSSR count). The third kappa shape index (κ3) is 3.29. The monoisotopic (exact) mass is 312 g/mol. The van der Waals surface area contributed by atoms with Crippen molar-refractivity contribution in [2.75, 3.05) is 5.32 Å². The number of nitrogens with zero attached hydrogens (tertiary/aromatic N) is 1. The lowest BCUT2D eigenvalue weighted by Gasteiger charge is -2.03. The molecule has 2 aromatic carbocycles. The number of benzene rings is 2. The van der Waals surface area contributed by atoms with Gasteiger partial charge in [-0.1, -0.05) is 36.4 Å². The first kappa shape index (κ1) is 14.6. The largest absolute Gasteiger partial charge is 0.478 e. The molecule has 2 N–H and O–H groups in total. The summed E-state index contributed by atoms with van der Waals surface area (Å²) in [5.41, 5.74) is 1.27. The molecule has 0 aliphatic heterocycles. The Morgan fingerprint density at radius 2 is 1.91 bits per heavy atom. The van der Waals surface area contributed by atoms with Gasteiger partial charge in [0.25, 0.3) is 0 Å². The molecular formula is C16H12N2O5. The molecule has 7 heteroatoms. The number of aromatic nitrogens is 1. The topological polar surface area (TPSA) is 102 Å². The average molecular weight is 312 g/mol. The minimum Gasteiger partial charge on any atom is -0.478 e. The number of carboxylic acids is 1. The minimum absolute atomic E-state index is 0.00282. The second-order valence-electron chi connectivity index (χ2n) is 4.66. The van der Waals surface area contributed by atoms with E-state index < -0.39 is 12.1 Å². The van der Waals surface area contributed by atoms with Gasteiger partial charge in [-0.2, -0.15) is 4.98 Å². The first-order valence-electron chi connectivity index (χ1n) is 6.74. The number of nitrogens with one attached hydrogen (secondary N) is 1. The Bertz CT molecular complexity index is 857. The van der Waals surface area contributed by atoms with Crippen LogP contribution in [0.1, 0.15) is 15.9 Å². The zero-order valence-corrected chi connectivity index (χ0v) is 11.9. The van der Waals surface area contributed by atoms with Crippen molar-refractivity contribution in [1.82, 2.24) is 4.98 Å². The van der Waals surface area contributed by atoms with E-state index in [0.717, 1.165) is 5.56 Å². The summed E-state index contributed by atoms with van der Waals surface area (Å²) in [6.45, 7) is 0.104. The van der Waals surface area contributed by atoms with Crippen LogP contribution in [-0.4, -0.2) is 22.2 Å². The van der Waals surface area contributed by atoms with Crippen molar-refractivity contribution in [2.45, 2.75) is 6.61 Å². The number of carbonyl (C=O) groups is 2. The fraction of sp³-hybridized carbons (Fsp3) is 0.0625. The number of oxazole rings is 1. The Labute approximate surface area is 130 Å². The maximum Gasteiger partial charge on any atom is 0.415 e. The third-order valence-corrected chi connectivity index (χ3v) is 3.07. The summed E-state index contributed by atoms with van der Waals surface area (Å²) >= 11 is 0. The van der Waals surface area contributed by atoms with Gasteiger partial charge in [-0.15, -0.1) is 0 Å². The van der Waals surface area contributed by atoms with Crippen molar-refractivity contribution < 1.29 is 23.8 Å². The molecule has 23 heavy (non-hydrogen) atoms. The van der Waals surface area contributed by atoms with Gasteiger partial charge in [-0.3, -0.25) is 0 Å². The van der Waals surface area contributed by atoms with Crippen LogP contribution in [0.2, 0.25) is 0 Å². The summed E-state index contributed by atoms with van der Waals surface area (Å²) in [5, 5.41) is 11.4. The number of ether oxygens (including phenoxy) is 1. The highest BCUT2D eigenvalue weighted by atomic mass is 16.6. The maximum absolute atomic E-state index is 11.7. The van der Waals surface area contributed by atoms with Crippen LogP contribution < -0.4 is 5.32 Å². The number of carboxylic acid groups (broad SMARTS) is 1. The normalized spacial score (nSPS) is 10.4. The van der Waals surface area contributed by atoms with Gasteiger partial charge in [0.05, 0.1) is 5.56 Å². The zero-order chi connectivity index (χ0) is 16.2. The predicted molar refractivity (Wildman–Crippen MR) is 81.2 cm³/mol. The molecule has 0 saturated heterocycles. The van der Waals surface area contributed by atoms with Crippen molar-refractivity contribution >= 4 is 29.2 Å². The van der Waals surface area contributed by atoms with Crippen molar-refractivity contribution in [3.8, 4) is 0 Å². The van der Waals surface area contributed by atoms with E-state index in [1.807, 2.05) is 30.3 Å². The summed E-state index contributed by atoms with van der Waals surface area (Å²) < 4.78 is 10.3. The van der Waals surface area contributed by atoms with E-state index in [1.54, 1.807) is 6.07 Å². The predicted octanol–water partition coefficient (Wildman–Crippen LogP) is 3.27. The van der Waals surface area contributed by atoms with Crippen LogP contribution in [0.4, 0.5) is 10.8 Å². The quantitative estimate of drug-likeness (QED) is 0.766. The Hall–Kier alpha value is -3.35. The van der Waals surface area contributed by atoms with Crippen molar-refractivity contribution in [3.63, 3.8) is 0 Å². The Morgan fingerprint density at radius 1 is 1.13 bits per heavy atom. The standard InChI is InChI=1S/C16H12N2O5/c19-14(20)11-7-4-8-12-13(11)17-15(23-12)18-16(21)22-9-10-5-2-1-3-6-10/h1-8H,9H2,(H,19,20)(H,17,18,21). The molecule has 0 spiro atoms. The summed E-state index contributed by atoms with van der Waals surface area (Å²) in [6.07, 6.45) is -0.739. The number of para-hydroxylation sites is 1. The fourth-order valence-electron chi connectivity index (χ4n) is 2.02. The van der Waals surface area contributed by atoms with E-state index >= 15 is 0 Å². The summed E-state index contributed by atoms with van der Waals surface area (Å²) in [5.74, 6) is -1.12. The van der Waals surface area contributed by atoms with Gasteiger partial charge in [-0.25, -0.2) is 14.9 Å². The zero-order valence-electron chi connectivity index (χ0n) is 11.9. The average Bonchev–Trinajstić information content (AvgIpc) is 2.95. The molecule has 0 bridgehead atoms. The van der Waals surface area contributed by atoms with Crippen LogP contribution >= 0.6 is 0 Å². The number of fused-ring (bicyclic) bond motifs is 1. The molecule has 0 atom stereocenters. The van der Waals surface area contributed by atoms with Gasteiger partial charge in [0, 0.05) is 0 Å². The maximum atomic E-state index is 11.7. The lowest BCUT2D eigenvalue weighted by Crippen LogP contribution is -2.13. The number of hydrogen-bond acceptors (Lipinski definition) is 5. The highest BCUT2D eigenvalue weighted by Gasteiger charge is 2.16. The number of amides is 1. The Balaban J connectivity index is 1.70. The second-order valence-corrected chi connectivity index (χ2v) is 4.66. The minimum atomic E-state index is -1.12. The summed E-state index contributed by atoms with van der Waals surface area (Å²) in [4.78, 5) is 26.8. The van der Waals surface area contributed by atoms with Crippen LogP contribution in [0.15, 0.2) is 52.9 Å². The van der Waals surface area contributed by atoms with Gasteiger partial charge in [0.1, 0.15) is 12.1 Å². The number of aromatic carboxylic acids is 1. The van der Waals surface area contributed by atoms with E-state index in [0.29, 0.717) is 0 Å². The molecule has 1 amide bonds. The smallest absolute Gasteiger partial charge is 0.415 e. The van der Waals surface area contributed by atoms with E-state index in [-0.39, 0.29) is 29.3 Å². The molecule has 0 aliphatic carbocycles. The van der Waals surface area contributed by atoms with Gasteiger partial charge < -0.3 is 14.3 Å². The first-order valence-corrected chi connectivity index (χ1v) is 6.74.